The maximum Gasteiger partial charge on any atom is 0.411 e. The van der Waals surface area contributed by atoms with Gasteiger partial charge in [-0.2, -0.15) is 0 Å². The third kappa shape index (κ3) is 4.21. The zero-order chi connectivity index (χ0) is 21.3. The first kappa shape index (κ1) is 20.5. The molecular weight excluding hydrogens is 380 g/mol. The van der Waals surface area contributed by atoms with Crippen molar-refractivity contribution in [3.63, 3.8) is 0 Å². The molecule has 2 aliphatic rings. The number of ether oxygens (including phenoxy) is 1. The van der Waals surface area contributed by atoms with Crippen LogP contribution in [0.1, 0.15) is 33.6 Å². The van der Waals surface area contributed by atoms with Crippen molar-refractivity contribution in [2.45, 2.75) is 45.3 Å². The fraction of sp³-hybridized carbons (Fsp3) is 0.478. The topological polar surface area (TPSA) is 69.1 Å². The van der Waals surface area contributed by atoms with Crippen LogP contribution in [0.4, 0.5) is 22.0 Å². The van der Waals surface area contributed by atoms with Crippen molar-refractivity contribution in [2.24, 2.45) is 0 Å². The number of nitrogens with zero attached hydrogens (tertiary/aromatic N) is 4. The molecular formula is C23H30N4O3. The number of benzene rings is 1. The number of anilines is 3. The lowest BCUT2D eigenvalue weighted by Crippen LogP contribution is -2.48. The summed E-state index contributed by atoms with van der Waals surface area (Å²) in [7, 11) is 0. The molecule has 2 aromatic rings. The Balaban J connectivity index is 1.43. The molecule has 0 spiro atoms. The molecule has 160 valence electrons. The fourth-order valence-corrected chi connectivity index (χ4v) is 4.24. The SMILES string of the molecule is CC(C)(C)N1CCC(Oc2ccc(N3CCN(C(=O)O)c4ccccc43)nc2)CC1. The molecule has 0 bridgehead atoms. The van der Waals surface area contributed by atoms with Crippen LogP contribution >= 0.6 is 0 Å². The van der Waals surface area contributed by atoms with Crippen LogP contribution in [0.5, 0.6) is 5.75 Å². The number of rotatable bonds is 3. The molecule has 0 unspecified atom stereocenters. The maximum absolute atomic E-state index is 11.5. The lowest BCUT2D eigenvalue weighted by atomic mass is 9.99. The Morgan fingerprint density at radius 2 is 1.73 bits per heavy atom. The minimum Gasteiger partial charge on any atom is -0.489 e. The number of carbonyl (C=O) groups is 1. The molecule has 7 heteroatoms. The average Bonchev–Trinajstić information content (AvgIpc) is 2.73. The Bertz CT molecular complexity index is 886. The zero-order valence-electron chi connectivity index (χ0n) is 17.9. The smallest absolute Gasteiger partial charge is 0.411 e. The first-order chi connectivity index (χ1) is 14.3. The van der Waals surface area contributed by atoms with Gasteiger partial charge in [0.25, 0.3) is 0 Å². The Kier molecular flexibility index (Phi) is 5.56. The molecule has 30 heavy (non-hydrogen) atoms. The minimum atomic E-state index is -0.934. The third-order valence-corrected chi connectivity index (χ3v) is 5.93. The number of aromatic nitrogens is 1. The Morgan fingerprint density at radius 3 is 2.33 bits per heavy atom. The number of hydrogen-bond donors (Lipinski definition) is 1. The summed E-state index contributed by atoms with van der Waals surface area (Å²) in [6.07, 6.45) is 3.09. The van der Waals surface area contributed by atoms with Gasteiger partial charge in [0.15, 0.2) is 0 Å². The minimum absolute atomic E-state index is 0.203. The van der Waals surface area contributed by atoms with E-state index in [-0.39, 0.29) is 11.6 Å². The van der Waals surface area contributed by atoms with E-state index in [0.29, 0.717) is 18.8 Å². The highest BCUT2D eigenvalue weighted by Gasteiger charge is 2.29. The second-order valence-corrected chi connectivity index (χ2v) is 8.90. The van der Waals surface area contributed by atoms with E-state index in [0.717, 1.165) is 43.2 Å². The van der Waals surface area contributed by atoms with Gasteiger partial charge in [-0.1, -0.05) is 12.1 Å². The molecule has 1 aromatic heterocycles. The summed E-state index contributed by atoms with van der Waals surface area (Å²) < 4.78 is 6.18. The number of likely N-dealkylation sites (tertiary alicyclic amines) is 1. The molecule has 1 fully saturated rings. The number of piperidine rings is 1. The highest BCUT2D eigenvalue weighted by atomic mass is 16.5. The second-order valence-electron chi connectivity index (χ2n) is 8.90. The van der Waals surface area contributed by atoms with E-state index >= 15 is 0 Å². The van der Waals surface area contributed by atoms with Crippen LogP contribution in [0.3, 0.4) is 0 Å². The number of hydrogen-bond acceptors (Lipinski definition) is 5. The monoisotopic (exact) mass is 410 g/mol. The summed E-state index contributed by atoms with van der Waals surface area (Å²) in [5, 5.41) is 9.47. The van der Waals surface area contributed by atoms with Crippen LogP contribution in [0.2, 0.25) is 0 Å². The molecule has 1 N–H and O–H groups in total. The molecule has 0 aliphatic carbocycles. The summed E-state index contributed by atoms with van der Waals surface area (Å²) >= 11 is 0. The van der Waals surface area contributed by atoms with Crippen LogP contribution < -0.4 is 14.5 Å². The van der Waals surface area contributed by atoms with Gasteiger partial charge in [0.2, 0.25) is 0 Å². The summed E-state index contributed by atoms with van der Waals surface area (Å²) in [4.78, 5) is 22.1. The van der Waals surface area contributed by atoms with Gasteiger partial charge in [0, 0.05) is 31.7 Å². The first-order valence-electron chi connectivity index (χ1n) is 10.6. The van der Waals surface area contributed by atoms with Crippen LogP contribution in [0.15, 0.2) is 42.6 Å². The van der Waals surface area contributed by atoms with Crippen LogP contribution in [-0.4, -0.2) is 58.9 Å². The lowest BCUT2D eigenvalue weighted by Gasteiger charge is -2.40. The van der Waals surface area contributed by atoms with Crippen molar-refractivity contribution in [1.29, 1.82) is 0 Å². The van der Waals surface area contributed by atoms with E-state index in [2.05, 4.69) is 35.6 Å². The second kappa shape index (κ2) is 8.14. The predicted octanol–water partition coefficient (Wildman–Crippen LogP) is 4.36. The number of pyridine rings is 1. The van der Waals surface area contributed by atoms with Crippen LogP contribution in [0, 0.1) is 0 Å². The molecule has 1 aromatic carbocycles. The molecule has 0 saturated carbocycles. The third-order valence-electron chi connectivity index (χ3n) is 5.93. The molecule has 4 rings (SSSR count). The number of amides is 1. The van der Waals surface area contributed by atoms with E-state index < -0.39 is 6.09 Å². The van der Waals surface area contributed by atoms with Crippen molar-refractivity contribution in [3.05, 3.63) is 42.6 Å². The van der Waals surface area contributed by atoms with Crippen molar-refractivity contribution in [1.82, 2.24) is 9.88 Å². The largest absolute Gasteiger partial charge is 0.489 e. The standard InChI is InChI=1S/C23H30N4O3/c1-23(2,3)25-12-10-17(11-13-25)30-18-8-9-21(24-16-18)26-14-15-27(22(28)29)20-7-5-4-6-19(20)26/h4-9,16-17H,10-15H2,1-3H3,(H,28,29). The van der Waals surface area contributed by atoms with E-state index in [1.54, 1.807) is 6.20 Å². The Morgan fingerprint density at radius 1 is 1.03 bits per heavy atom. The molecule has 0 radical (unpaired) electrons. The van der Waals surface area contributed by atoms with Gasteiger partial charge >= 0.3 is 6.09 Å². The van der Waals surface area contributed by atoms with Crippen LogP contribution in [-0.2, 0) is 0 Å². The van der Waals surface area contributed by atoms with Gasteiger partial charge in [-0.3, -0.25) is 9.80 Å². The summed E-state index contributed by atoms with van der Waals surface area (Å²) in [6.45, 7) is 9.82. The molecule has 0 atom stereocenters. The Labute approximate surface area is 177 Å². The predicted molar refractivity (Wildman–Crippen MR) is 118 cm³/mol. The summed E-state index contributed by atoms with van der Waals surface area (Å²) in [6, 6.07) is 11.4. The van der Waals surface area contributed by atoms with Gasteiger partial charge in [0.05, 0.1) is 17.6 Å². The Hall–Kier alpha value is -2.80. The quantitative estimate of drug-likeness (QED) is 0.811. The van der Waals surface area contributed by atoms with Gasteiger partial charge in [-0.15, -0.1) is 0 Å². The number of para-hydroxylation sites is 2. The van der Waals surface area contributed by atoms with E-state index in [9.17, 15) is 9.90 Å². The van der Waals surface area contributed by atoms with Crippen molar-refractivity contribution >= 4 is 23.3 Å². The molecule has 2 aliphatic heterocycles. The zero-order valence-corrected chi connectivity index (χ0v) is 17.9. The highest BCUT2D eigenvalue weighted by molar-refractivity contribution is 5.93. The van der Waals surface area contributed by atoms with E-state index in [1.165, 1.54) is 4.90 Å². The van der Waals surface area contributed by atoms with Gasteiger partial charge < -0.3 is 14.7 Å². The van der Waals surface area contributed by atoms with E-state index in [4.69, 9.17) is 4.74 Å². The fourth-order valence-electron chi connectivity index (χ4n) is 4.24. The maximum atomic E-state index is 11.5. The van der Waals surface area contributed by atoms with Gasteiger partial charge in [-0.25, -0.2) is 9.78 Å². The normalized spacial score (nSPS) is 18.2. The first-order valence-corrected chi connectivity index (χ1v) is 10.6. The number of carboxylic acid groups (broad SMARTS) is 1. The van der Waals surface area contributed by atoms with Crippen molar-refractivity contribution in [2.75, 3.05) is 36.0 Å². The van der Waals surface area contributed by atoms with E-state index in [1.807, 2.05) is 36.4 Å². The number of fused-ring (bicyclic) bond motifs is 1. The average molecular weight is 411 g/mol. The van der Waals surface area contributed by atoms with Gasteiger partial charge in [-0.05, 0) is 57.9 Å². The summed E-state index contributed by atoms with van der Waals surface area (Å²) in [5.41, 5.74) is 1.74. The lowest BCUT2D eigenvalue weighted by molar-refractivity contribution is 0.0490. The molecule has 3 heterocycles. The highest BCUT2D eigenvalue weighted by Crippen LogP contribution is 2.37. The van der Waals surface area contributed by atoms with Gasteiger partial charge in [0.1, 0.15) is 17.7 Å². The summed E-state index contributed by atoms with van der Waals surface area (Å²) in [5.74, 6) is 1.58. The van der Waals surface area contributed by atoms with Crippen molar-refractivity contribution < 1.29 is 14.6 Å². The van der Waals surface area contributed by atoms with Crippen LogP contribution in [0.25, 0.3) is 0 Å². The molecule has 1 saturated heterocycles. The van der Waals surface area contributed by atoms with Crippen molar-refractivity contribution in [3.8, 4) is 5.75 Å². The molecule has 1 amide bonds. The molecule has 7 nitrogen and oxygen atoms in total.